The van der Waals surface area contributed by atoms with Gasteiger partial charge in [0.15, 0.2) is 6.61 Å². The number of hydrogen-bond acceptors (Lipinski definition) is 5. The summed E-state index contributed by atoms with van der Waals surface area (Å²) in [5, 5.41) is 0. The van der Waals surface area contributed by atoms with Crippen molar-refractivity contribution in [3.05, 3.63) is 0 Å². The highest BCUT2D eigenvalue weighted by atomic mass is 16.7. The van der Waals surface area contributed by atoms with Crippen molar-refractivity contribution in [2.75, 3.05) is 13.7 Å². The maximum absolute atomic E-state index is 10.9. The predicted octanol–water partition coefficient (Wildman–Crippen LogP) is 0.616. The van der Waals surface area contributed by atoms with E-state index in [1.165, 1.54) is 7.11 Å². The highest BCUT2D eigenvalue weighted by molar-refractivity contribution is 5.71. The molecule has 0 aromatic heterocycles. The van der Waals surface area contributed by atoms with Crippen LogP contribution in [0.2, 0.25) is 0 Å². The third-order valence-electron chi connectivity index (χ3n) is 0.972. The largest absolute Gasteiger partial charge is 0.467 e. The van der Waals surface area contributed by atoms with Crippen LogP contribution in [0.1, 0.15) is 20.8 Å². The van der Waals surface area contributed by atoms with E-state index in [2.05, 4.69) is 9.57 Å². The fourth-order valence-corrected chi connectivity index (χ4v) is 0.512. The maximum atomic E-state index is 10.9. The SMILES string of the molecule is COC(=O)CONC(=O)OC(C)(C)C. The minimum absolute atomic E-state index is 0.351. The normalized spacial score (nSPS) is 10.6. The molecule has 0 saturated carbocycles. The lowest BCUT2D eigenvalue weighted by molar-refractivity contribution is -0.148. The Morgan fingerprint density at radius 1 is 1.29 bits per heavy atom. The molecule has 1 N–H and O–H groups in total. The van der Waals surface area contributed by atoms with Gasteiger partial charge < -0.3 is 9.47 Å². The lowest BCUT2D eigenvalue weighted by Gasteiger charge is -2.19. The Morgan fingerprint density at radius 3 is 2.29 bits per heavy atom. The van der Waals surface area contributed by atoms with Crippen LogP contribution in [0, 0.1) is 0 Å². The second-order valence-corrected chi connectivity index (χ2v) is 3.47. The number of hydrogen-bond donors (Lipinski definition) is 1. The van der Waals surface area contributed by atoms with Gasteiger partial charge in [-0.05, 0) is 20.8 Å². The molecule has 0 aromatic carbocycles. The first kappa shape index (κ1) is 12.7. The van der Waals surface area contributed by atoms with Gasteiger partial charge in [0.25, 0.3) is 0 Å². The molecule has 0 bridgehead atoms. The van der Waals surface area contributed by atoms with Crippen molar-refractivity contribution in [1.82, 2.24) is 5.48 Å². The summed E-state index contributed by atoms with van der Waals surface area (Å²) in [5.74, 6) is -0.582. The average Bonchev–Trinajstić information content (AvgIpc) is 2.00. The molecule has 0 atom stereocenters. The zero-order valence-electron chi connectivity index (χ0n) is 8.75. The molecule has 0 radical (unpaired) electrons. The molecular formula is C8H15NO5. The van der Waals surface area contributed by atoms with Crippen LogP contribution in [0.4, 0.5) is 4.79 Å². The lowest BCUT2D eigenvalue weighted by Crippen LogP contribution is -2.33. The zero-order valence-corrected chi connectivity index (χ0v) is 8.75. The predicted molar refractivity (Wildman–Crippen MR) is 47.3 cm³/mol. The number of esters is 1. The first-order valence-electron chi connectivity index (χ1n) is 4.03. The molecule has 14 heavy (non-hydrogen) atoms. The molecule has 0 unspecified atom stereocenters. The molecule has 6 heteroatoms. The molecule has 0 heterocycles. The van der Waals surface area contributed by atoms with Crippen LogP contribution in [0.3, 0.4) is 0 Å². The summed E-state index contributed by atoms with van der Waals surface area (Å²) >= 11 is 0. The fourth-order valence-electron chi connectivity index (χ4n) is 0.512. The number of methoxy groups -OCH3 is 1. The second-order valence-electron chi connectivity index (χ2n) is 3.47. The van der Waals surface area contributed by atoms with Crippen molar-refractivity contribution < 1.29 is 23.9 Å². The van der Waals surface area contributed by atoms with Crippen molar-refractivity contribution in [3.63, 3.8) is 0 Å². The van der Waals surface area contributed by atoms with Gasteiger partial charge in [-0.1, -0.05) is 0 Å². The fraction of sp³-hybridized carbons (Fsp3) is 0.750. The molecular weight excluding hydrogens is 190 g/mol. The van der Waals surface area contributed by atoms with Crippen molar-refractivity contribution in [3.8, 4) is 0 Å². The average molecular weight is 205 g/mol. The molecule has 82 valence electrons. The van der Waals surface area contributed by atoms with E-state index in [0.717, 1.165) is 0 Å². The van der Waals surface area contributed by atoms with Gasteiger partial charge in [0, 0.05) is 0 Å². The summed E-state index contributed by atoms with van der Waals surface area (Å²) in [7, 11) is 1.22. The van der Waals surface area contributed by atoms with Crippen LogP contribution in [-0.2, 0) is 19.1 Å². The smallest absolute Gasteiger partial charge is 0.431 e. The van der Waals surface area contributed by atoms with E-state index in [4.69, 9.17) is 4.74 Å². The minimum Gasteiger partial charge on any atom is -0.467 e. The molecule has 6 nitrogen and oxygen atoms in total. The van der Waals surface area contributed by atoms with E-state index in [9.17, 15) is 9.59 Å². The minimum atomic E-state index is -0.749. The molecule has 1 amide bonds. The van der Waals surface area contributed by atoms with Crippen molar-refractivity contribution in [2.24, 2.45) is 0 Å². The molecule has 0 rings (SSSR count). The lowest BCUT2D eigenvalue weighted by atomic mass is 10.2. The highest BCUT2D eigenvalue weighted by Gasteiger charge is 2.16. The molecule has 0 fully saturated rings. The Bertz CT molecular complexity index is 208. The number of hydroxylamine groups is 1. The summed E-state index contributed by atoms with van der Waals surface area (Å²) in [6.45, 7) is 4.79. The van der Waals surface area contributed by atoms with Crippen molar-refractivity contribution in [1.29, 1.82) is 0 Å². The topological polar surface area (TPSA) is 73.9 Å². The molecule has 0 aliphatic heterocycles. The van der Waals surface area contributed by atoms with Crippen LogP contribution >= 0.6 is 0 Å². The zero-order chi connectivity index (χ0) is 11.2. The van der Waals surface area contributed by atoms with Crippen LogP contribution in [0.25, 0.3) is 0 Å². The van der Waals surface area contributed by atoms with Crippen LogP contribution in [-0.4, -0.2) is 31.4 Å². The van der Waals surface area contributed by atoms with Gasteiger partial charge in [0.1, 0.15) is 5.60 Å². The van der Waals surface area contributed by atoms with Crippen molar-refractivity contribution >= 4 is 12.1 Å². The Morgan fingerprint density at radius 2 is 1.86 bits per heavy atom. The van der Waals surface area contributed by atoms with Gasteiger partial charge >= 0.3 is 12.1 Å². The van der Waals surface area contributed by atoms with Gasteiger partial charge in [0.2, 0.25) is 0 Å². The monoisotopic (exact) mass is 205 g/mol. The number of rotatable bonds is 3. The molecule has 0 aromatic rings. The van der Waals surface area contributed by atoms with E-state index in [1.807, 2.05) is 5.48 Å². The number of nitrogens with one attached hydrogen (secondary N) is 1. The number of carbonyl (C=O) groups is 2. The first-order valence-corrected chi connectivity index (χ1v) is 4.03. The molecule has 0 saturated heterocycles. The second kappa shape index (κ2) is 5.43. The Labute approximate surface area is 82.5 Å². The number of ether oxygens (including phenoxy) is 2. The quantitative estimate of drug-likeness (QED) is 0.540. The van der Waals surface area contributed by atoms with Gasteiger partial charge in [-0.2, -0.15) is 5.48 Å². The summed E-state index contributed by atoms with van der Waals surface area (Å²) < 4.78 is 9.10. The van der Waals surface area contributed by atoms with E-state index in [0.29, 0.717) is 0 Å². The van der Waals surface area contributed by atoms with Gasteiger partial charge in [0.05, 0.1) is 7.11 Å². The van der Waals surface area contributed by atoms with E-state index in [1.54, 1.807) is 20.8 Å². The van der Waals surface area contributed by atoms with Crippen LogP contribution < -0.4 is 5.48 Å². The number of amides is 1. The van der Waals surface area contributed by atoms with E-state index in [-0.39, 0.29) is 6.61 Å². The Balaban J connectivity index is 3.60. The maximum Gasteiger partial charge on any atom is 0.431 e. The van der Waals surface area contributed by atoms with E-state index >= 15 is 0 Å². The standard InChI is InChI=1S/C8H15NO5/c1-8(2,3)14-7(11)9-13-5-6(10)12-4/h5H2,1-4H3,(H,9,11). The van der Waals surface area contributed by atoms with Gasteiger partial charge in [-0.25, -0.2) is 9.59 Å². The van der Waals surface area contributed by atoms with E-state index < -0.39 is 17.7 Å². The highest BCUT2D eigenvalue weighted by Crippen LogP contribution is 2.06. The van der Waals surface area contributed by atoms with Crippen LogP contribution in [0.5, 0.6) is 0 Å². The van der Waals surface area contributed by atoms with Crippen LogP contribution in [0.15, 0.2) is 0 Å². The summed E-state index contributed by atoms with van der Waals surface area (Å²) in [4.78, 5) is 26.0. The summed E-state index contributed by atoms with van der Waals surface area (Å²) in [6.07, 6.45) is -0.749. The van der Waals surface area contributed by atoms with Gasteiger partial charge in [-0.15, -0.1) is 0 Å². The Kier molecular flexibility index (Phi) is 4.93. The molecule has 0 aliphatic carbocycles. The summed E-state index contributed by atoms with van der Waals surface area (Å²) in [6, 6.07) is 0. The summed E-state index contributed by atoms with van der Waals surface area (Å²) in [5.41, 5.74) is 1.34. The number of carbonyl (C=O) groups excluding carboxylic acids is 2. The Hall–Kier alpha value is -1.30. The van der Waals surface area contributed by atoms with Crippen molar-refractivity contribution in [2.45, 2.75) is 26.4 Å². The third kappa shape index (κ3) is 7.35. The van der Waals surface area contributed by atoms with Gasteiger partial charge in [-0.3, -0.25) is 4.84 Å². The first-order chi connectivity index (χ1) is 6.35. The molecule has 0 aliphatic rings. The third-order valence-corrected chi connectivity index (χ3v) is 0.972. The molecule has 0 spiro atoms.